The number of benzene rings is 2. The van der Waals surface area contributed by atoms with Gasteiger partial charge in [-0.05, 0) is 53.1 Å². The molecule has 0 aromatic heterocycles. The van der Waals surface area contributed by atoms with Crippen molar-refractivity contribution < 1.29 is 14.6 Å². The molecule has 3 rings (SSSR count). The molecule has 0 radical (unpaired) electrons. The SMILES string of the molecule is CC.CC.CC1Oc2ccccc2C(C)N1C.CC=O.CN.Oc1ccccc1. The summed E-state index contributed by atoms with van der Waals surface area (Å²) in [6.45, 7) is 13.7. The van der Waals surface area contributed by atoms with Crippen LogP contribution in [0.15, 0.2) is 54.6 Å². The number of carbonyl (C=O) groups excluding carboxylic acids is 1. The summed E-state index contributed by atoms with van der Waals surface area (Å²) in [6, 6.07) is 17.4. The van der Waals surface area contributed by atoms with Gasteiger partial charge in [-0.3, -0.25) is 4.90 Å². The summed E-state index contributed by atoms with van der Waals surface area (Å²) in [5, 5.41) is 8.63. The highest BCUT2D eigenvalue weighted by molar-refractivity contribution is 5.44. The number of aromatic hydroxyl groups is 1. The van der Waals surface area contributed by atoms with Gasteiger partial charge in [-0.15, -0.1) is 0 Å². The van der Waals surface area contributed by atoms with Crippen LogP contribution >= 0.6 is 0 Å². The van der Waals surface area contributed by atoms with E-state index in [4.69, 9.17) is 14.6 Å². The molecule has 0 saturated heterocycles. The molecule has 0 fully saturated rings. The number of para-hydroxylation sites is 2. The summed E-state index contributed by atoms with van der Waals surface area (Å²) in [7, 11) is 3.59. The van der Waals surface area contributed by atoms with Gasteiger partial charge in [0.05, 0.1) is 0 Å². The molecule has 1 heterocycles. The molecule has 29 heavy (non-hydrogen) atoms. The van der Waals surface area contributed by atoms with Crippen LogP contribution in [-0.4, -0.2) is 36.6 Å². The lowest BCUT2D eigenvalue weighted by Gasteiger charge is -2.37. The van der Waals surface area contributed by atoms with Crippen LogP contribution in [0.4, 0.5) is 0 Å². The lowest BCUT2D eigenvalue weighted by atomic mass is 10.0. The molecule has 5 nitrogen and oxygen atoms in total. The second-order valence-corrected chi connectivity index (χ2v) is 5.17. The molecular weight excluding hydrogens is 364 g/mol. The number of aldehydes is 1. The Morgan fingerprint density at radius 1 is 0.931 bits per heavy atom. The monoisotopic (exact) mass is 406 g/mol. The molecule has 2 atom stereocenters. The molecule has 3 N–H and O–H groups in total. The van der Waals surface area contributed by atoms with Crippen molar-refractivity contribution >= 4 is 6.29 Å². The number of phenolic OH excluding ortho intramolecular Hbond substituents is 1. The van der Waals surface area contributed by atoms with E-state index < -0.39 is 0 Å². The second kappa shape index (κ2) is 21.9. The molecule has 2 aromatic rings. The molecule has 0 bridgehead atoms. The third-order valence-electron chi connectivity index (χ3n) is 3.61. The zero-order valence-corrected chi connectivity index (χ0v) is 19.7. The van der Waals surface area contributed by atoms with E-state index in [2.05, 4.69) is 43.7 Å². The third kappa shape index (κ3) is 13.4. The molecule has 0 saturated carbocycles. The van der Waals surface area contributed by atoms with Gasteiger partial charge in [0.25, 0.3) is 0 Å². The zero-order chi connectivity index (χ0) is 23.2. The van der Waals surface area contributed by atoms with Crippen LogP contribution in [-0.2, 0) is 4.79 Å². The van der Waals surface area contributed by atoms with Crippen molar-refractivity contribution in [2.75, 3.05) is 14.1 Å². The van der Waals surface area contributed by atoms with Gasteiger partial charge in [0.15, 0.2) is 0 Å². The maximum atomic E-state index is 8.81. The Morgan fingerprint density at radius 2 is 1.34 bits per heavy atom. The van der Waals surface area contributed by atoms with E-state index in [1.165, 1.54) is 19.5 Å². The largest absolute Gasteiger partial charge is 0.508 e. The lowest BCUT2D eigenvalue weighted by molar-refractivity contribution is -0.106. The molecule has 1 aliphatic rings. The van der Waals surface area contributed by atoms with Gasteiger partial charge >= 0.3 is 0 Å². The highest BCUT2D eigenvalue weighted by Crippen LogP contribution is 2.34. The molecule has 0 aliphatic carbocycles. The van der Waals surface area contributed by atoms with E-state index in [9.17, 15) is 0 Å². The number of hydrogen-bond donors (Lipinski definition) is 2. The normalized spacial score (nSPS) is 15.7. The maximum absolute atomic E-state index is 8.81. The quantitative estimate of drug-likeness (QED) is 0.554. The van der Waals surface area contributed by atoms with Gasteiger partial charge in [-0.1, -0.05) is 64.1 Å². The van der Waals surface area contributed by atoms with Gasteiger partial charge in [-0.2, -0.15) is 0 Å². The van der Waals surface area contributed by atoms with E-state index in [1.54, 1.807) is 24.3 Å². The van der Waals surface area contributed by atoms with E-state index in [1.807, 2.05) is 45.9 Å². The number of hydrogen-bond acceptors (Lipinski definition) is 5. The Balaban J connectivity index is -0.000000359. The Morgan fingerprint density at radius 3 is 1.76 bits per heavy atom. The maximum Gasteiger partial charge on any atom is 0.150 e. The van der Waals surface area contributed by atoms with Crippen molar-refractivity contribution in [3.63, 3.8) is 0 Å². The molecule has 166 valence electrons. The first-order chi connectivity index (χ1) is 14.0. The van der Waals surface area contributed by atoms with Gasteiger partial charge < -0.3 is 20.4 Å². The van der Waals surface area contributed by atoms with E-state index in [0.717, 1.165) is 12.0 Å². The Bertz CT molecular complexity index is 592. The minimum atomic E-state index is 0.171. The topological polar surface area (TPSA) is 75.8 Å². The average Bonchev–Trinajstić information content (AvgIpc) is 2.78. The number of fused-ring (bicyclic) bond motifs is 1. The lowest BCUT2D eigenvalue weighted by Crippen LogP contribution is -2.39. The second-order valence-electron chi connectivity index (χ2n) is 5.17. The molecule has 2 aromatic carbocycles. The highest BCUT2D eigenvalue weighted by Gasteiger charge is 2.26. The van der Waals surface area contributed by atoms with Crippen molar-refractivity contribution in [2.45, 2.75) is 60.7 Å². The van der Waals surface area contributed by atoms with E-state index in [-0.39, 0.29) is 6.23 Å². The minimum Gasteiger partial charge on any atom is -0.508 e. The Kier molecular flexibility index (Phi) is 23.7. The first-order valence-electron chi connectivity index (χ1n) is 10.2. The van der Waals surface area contributed by atoms with Crippen molar-refractivity contribution in [3.8, 4) is 11.5 Å². The first kappa shape index (κ1) is 31.3. The smallest absolute Gasteiger partial charge is 0.150 e. The molecule has 1 aliphatic heterocycles. The summed E-state index contributed by atoms with van der Waals surface area (Å²) < 4.78 is 5.74. The number of phenols is 1. The first-order valence-corrected chi connectivity index (χ1v) is 10.2. The predicted molar refractivity (Wildman–Crippen MR) is 125 cm³/mol. The van der Waals surface area contributed by atoms with E-state index in [0.29, 0.717) is 11.8 Å². The van der Waals surface area contributed by atoms with Crippen molar-refractivity contribution in [3.05, 3.63) is 60.2 Å². The van der Waals surface area contributed by atoms with Crippen LogP contribution in [0, 0.1) is 0 Å². The van der Waals surface area contributed by atoms with Gasteiger partial charge in [0.2, 0.25) is 0 Å². The summed E-state index contributed by atoms with van der Waals surface area (Å²) in [6.07, 6.45) is 0.921. The number of nitrogens with zero attached hydrogens (tertiary/aromatic N) is 1. The summed E-state index contributed by atoms with van der Waals surface area (Å²) in [5.41, 5.74) is 5.78. The molecule has 2 unspecified atom stereocenters. The Hall–Kier alpha value is -2.37. The fourth-order valence-electron chi connectivity index (χ4n) is 2.16. The molecular formula is C24H42N2O3. The van der Waals surface area contributed by atoms with Crippen LogP contribution in [0.25, 0.3) is 0 Å². The number of carbonyl (C=O) groups is 1. The summed E-state index contributed by atoms with van der Waals surface area (Å²) in [5.74, 6) is 1.35. The fraction of sp³-hybridized carbons (Fsp3) is 0.458. The van der Waals surface area contributed by atoms with Crippen LogP contribution in [0.1, 0.15) is 60.1 Å². The zero-order valence-electron chi connectivity index (χ0n) is 19.7. The van der Waals surface area contributed by atoms with Gasteiger partial charge in [0, 0.05) is 11.6 Å². The number of nitrogens with two attached hydrogens (primary N) is 1. The van der Waals surface area contributed by atoms with Crippen LogP contribution < -0.4 is 10.5 Å². The molecule has 5 heteroatoms. The summed E-state index contributed by atoms with van der Waals surface area (Å²) in [4.78, 5) is 11.0. The number of rotatable bonds is 0. The van der Waals surface area contributed by atoms with Crippen molar-refractivity contribution in [1.82, 2.24) is 4.90 Å². The van der Waals surface area contributed by atoms with Crippen LogP contribution in [0.3, 0.4) is 0 Å². The minimum absolute atomic E-state index is 0.171. The van der Waals surface area contributed by atoms with E-state index >= 15 is 0 Å². The highest BCUT2D eigenvalue weighted by atomic mass is 16.5. The van der Waals surface area contributed by atoms with Crippen LogP contribution in [0.2, 0.25) is 0 Å². The van der Waals surface area contributed by atoms with Crippen LogP contribution in [0.5, 0.6) is 11.5 Å². The fourth-order valence-corrected chi connectivity index (χ4v) is 2.16. The third-order valence-corrected chi connectivity index (χ3v) is 3.61. The molecule has 0 spiro atoms. The van der Waals surface area contributed by atoms with Gasteiger partial charge in [0.1, 0.15) is 24.0 Å². The predicted octanol–water partition coefficient (Wildman–Crippen LogP) is 5.64. The average molecular weight is 407 g/mol. The number of ether oxygens (including phenoxy) is 1. The van der Waals surface area contributed by atoms with Crippen molar-refractivity contribution in [1.29, 1.82) is 0 Å². The molecule has 0 amide bonds. The Labute approximate surface area is 178 Å². The van der Waals surface area contributed by atoms with Crippen molar-refractivity contribution in [2.24, 2.45) is 5.73 Å². The van der Waals surface area contributed by atoms with Gasteiger partial charge in [-0.25, -0.2) is 0 Å². The summed E-state index contributed by atoms with van der Waals surface area (Å²) >= 11 is 0. The standard InChI is InChI=1S/C11H15NO.C6H6O.C2H4O.2C2H6.CH5N/c1-8-10-6-4-5-7-11(10)13-9(2)12(8)3;7-6-4-2-1-3-5-6;1-2-3;3*1-2/h4-9H,1-3H3;1-5,7H;2H,1H3;2*1-2H3;2H2,1H3.